The Balaban J connectivity index is 1.38. The lowest BCUT2D eigenvalue weighted by molar-refractivity contribution is -0.141. The minimum atomic E-state index is -3.07. The van der Waals surface area contributed by atoms with Crippen LogP contribution in [-0.2, 0) is 25.8 Å². The Hall–Kier alpha value is -2.09. The van der Waals surface area contributed by atoms with Gasteiger partial charge >= 0.3 is 0 Å². The number of nitrogens with zero attached hydrogens (tertiary/aromatic N) is 1. The van der Waals surface area contributed by atoms with Crippen molar-refractivity contribution in [3.05, 3.63) is 29.8 Å². The summed E-state index contributed by atoms with van der Waals surface area (Å²) in [5, 5.41) is 3.09. The first kappa shape index (κ1) is 21.2. The molecule has 2 bridgehead atoms. The third-order valence-electron chi connectivity index (χ3n) is 6.70. The fraction of sp³-hybridized carbons (Fsp3) is 0.636. The van der Waals surface area contributed by atoms with Crippen LogP contribution in [0.15, 0.2) is 24.3 Å². The summed E-state index contributed by atoms with van der Waals surface area (Å²) in [5.41, 5.74) is 0.940. The molecule has 3 aliphatic heterocycles. The van der Waals surface area contributed by atoms with E-state index in [0.29, 0.717) is 12.8 Å². The molecule has 0 spiro atoms. The molecule has 1 aromatic carbocycles. The van der Waals surface area contributed by atoms with Crippen molar-refractivity contribution < 1.29 is 22.7 Å². The molecule has 4 rings (SSSR count). The highest BCUT2D eigenvalue weighted by Crippen LogP contribution is 2.35. The van der Waals surface area contributed by atoms with Crippen LogP contribution in [0.1, 0.15) is 44.1 Å². The predicted molar refractivity (Wildman–Crippen MR) is 113 cm³/mol. The van der Waals surface area contributed by atoms with E-state index in [1.165, 1.54) is 0 Å². The summed E-state index contributed by atoms with van der Waals surface area (Å²) in [6.45, 7) is 0. The Morgan fingerprint density at radius 3 is 2.53 bits per heavy atom. The van der Waals surface area contributed by atoms with E-state index in [0.717, 1.165) is 43.4 Å². The second-order valence-electron chi connectivity index (χ2n) is 8.84. The minimum absolute atomic E-state index is 0.0111. The van der Waals surface area contributed by atoms with Crippen LogP contribution in [-0.4, -0.2) is 61.9 Å². The van der Waals surface area contributed by atoms with Crippen LogP contribution in [0.5, 0.6) is 5.75 Å². The van der Waals surface area contributed by atoms with Gasteiger partial charge in [-0.15, -0.1) is 0 Å². The molecule has 7 nitrogen and oxygen atoms in total. The van der Waals surface area contributed by atoms with E-state index in [1.54, 1.807) is 7.11 Å². The normalized spacial score (nSPS) is 30.0. The van der Waals surface area contributed by atoms with Crippen molar-refractivity contribution >= 4 is 21.7 Å². The number of nitrogens with one attached hydrogen (secondary N) is 1. The third-order valence-corrected chi connectivity index (χ3v) is 8.47. The lowest BCUT2D eigenvalue weighted by Gasteiger charge is -2.49. The van der Waals surface area contributed by atoms with E-state index in [-0.39, 0.29) is 41.4 Å². The van der Waals surface area contributed by atoms with Gasteiger partial charge in [-0.1, -0.05) is 12.1 Å². The highest BCUT2D eigenvalue weighted by molar-refractivity contribution is 7.91. The largest absolute Gasteiger partial charge is 0.497 e. The molecule has 3 heterocycles. The molecule has 0 aliphatic carbocycles. The van der Waals surface area contributed by atoms with Gasteiger partial charge < -0.3 is 15.0 Å². The highest BCUT2D eigenvalue weighted by Gasteiger charge is 2.42. The molecule has 3 aliphatic rings. The van der Waals surface area contributed by atoms with E-state index in [1.807, 2.05) is 29.2 Å². The maximum Gasteiger partial charge on any atom is 0.227 e. The van der Waals surface area contributed by atoms with Gasteiger partial charge in [0.1, 0.15) is 5.75 Å². The average molecular weight is 435 g/mol. The Morgan fingerprint density at radius 2 is 1.90 bits per heavy atom. The van der Waals surface area contributed by atoms with Gasteiger partial charge in [0.05, 0.1) is 31.0 Å². The predicted octanol–water partition coefficient (Wildman–Crippen LogP) is 1.70. The molecule has 2 unspecified atom stereocenters. The number of sulfone groups is 1. The molecular weight excluding hydrogens is 404 g/mol. The molecule has 1 N–H and O–H groups in total. The van der Waals surface area contributed by atoms with Gasteiger partial charge in [0.2, 0.25) is 11.8 Å². The van der Waals surface area contributed by atoms with Crippen LogP contribution in [0.25, 0.3) is 0 Å². The molecule has 0 saturated carbocycles. The van der Waals surface area contributed by atoms with Crippen molar-refractivity contribution in [2.24, 2.45) is 5.92 Å². The lowest BCUT2D eigenvalue weighted by atomic mass is 9.81. The summed E-state index contributed by atoms with van der Waals surface area (Å²) in [6, 6.07) is 7.88. The van der Waals surface area contributed by atoms with Gasteiger partial charge in [-0.25, -0.2) is 8.42 Å². The van der Waals surface area contributed by atoms with Crippen LogP contribution in [0, 0.1) is 5.92 Å². The second-order valence-corrected chi connectivity index (χ2v) is 11.1. The van der Waals surface area contributed by atoms with Gasteiger partial charge in [0.25, 0.3) is 0 Å². The SMILES string of the molecule is COc1cccc(CC(=O)N2[C@@H]3CCC[C@H]2CC(NC(=O)C2CCS(=O)(=O)C2)C3)c1. The molecule has 8 heteroatoms. The zero-order valence-electron chi connectivity index (χ0n) is 17.4. The first-order valence-electron chi connectivity index (χ1n) is 10.8. The van der Waals surface area contributed by atoms with E-state index < -0.39 is 15.8 Å². The Morgan fingerprint density at radius 1 is 1.17 bits per heavy atom. The van der Waals surface area contributed by atoms with Gasteiger partial charge in [-0.2, -0.15) is 0 Å². The number of ether oxygens (including phenoxy) is 1. The van der Waals surface area contributed by atoms with Crippen molar-refractivity contribution in [2.75, 3.05) is 18.6 Å². The van der Waals surface area contributed by atoms with Crippen LogP contribution in [0.2, 0.25) is 0 Å². The zero-order valence-corrected chi connectivity index (χ0v) is 18.2. The zero-order chi connectivity index (χ0) is 21.3. The fourth-order valence-corrected chi connectivity index (χ4v) is 7.02. The van der Waals surface area contributed by atoms with Crippen molar-refractivity contribution in [1.29, 1.82) is 0 Å². The molecule has 3 saturated heterocycles. The summed E-state index contributed by atoms with van der Waals surface area (Å²) in [5.74, 6) is 0.371. The van der Waals surface area contributed by atoms with Crippen LogP contribution < -0.4 is 10.1 Å². The number of piperidine rings is 2. The molecule has 1 aromatic rings. The minimum Gasteiger partial charge on any atom is -0.497 e. The Labute approximate surface area is 178 Å². The number of hydrogen-bond donors (Lipinski definition) is 1. The summed E-state index contributed by atoms with van der Waals surface area (Å²) >= 11 is 0. The van der Waals surface area contributed by atoms with Gasteiger partial charge in [-0.3, -0.25) is 9.59 Å². The average Bonchev–Trinajstić information content (AvgIpc) is 3.07. The topological polar surface area (TPSA) is 92.8 Å². The van der Waals surface area contributed by atoms with Crippen LogP contribution >= 0.6 is 0 Å². The highest BCUT2D eigenvalue weighted by atomic mass is 32.2. The molecule has 164 valence electrons. The van der Waals surface area contributed by atoms with E-state index in [9.17, 15) is 18.0 Å². The Kier molecular flexibility index (Phi) is 6.04. The van der Waals surface area contributed by atoms with Crippen LogP contribution in [0.4, 0.5) is 0 Å². The van der Waals surface area contributed by atoms with E-state index in [2.05, 4.69) is 5.32 Å². The van der Waals surface area contributed by atoms with Crippen molar-refractivity contribution in [1.82, 2.24) is 10.2 Å². The first-order valence-corrected chi connectivity index (χ1v) is 12.6. The Bertz CT molecular complexity index is 902. The summed E-state index contributed by atoms with van der Waals surface area (Å²) in [4.78, 5) is 27.7. The second kappa shape index (κ2) is 8.57. The molecule has 0 radical (unpaired) electrons. The van der Waals surface area contributed by atoms with Gasteiger partial charge in [0, 0.05) is 18.1 Å². The number of fused-ring (bicyclic) bond motifs is 2. The first-order chi connectivity index (χ1) is 14.3. The monoisotopic (exact) mass is 434 g/mol. The smallest absolute Gasteiger partial charge is 0.227 e. The van der Waals surface area contributed by atoms with Gasteiger partial charge in [-0.05, 0) is 56.2 Å². The number of amides is 2. The van der Waals surface area contributed by atoms with E-state index in [4.69, 9.17) is 4.74 Å². The lowest BCUT2D eigenvalue weighted by Crippen LogP contribution is -2.59. The summed E-state index contributed by atoms with van der Waals surface area (Å²) in [7, 11) is -1.46. The quantitative estimate of drug-likeness (QED) is 0.762. The number of carbonyl (C=O) groups excluding carboxylic acids is 2. The molecule has 4 atom stereocenters. The number of hydrogen-bond acceptors (Lipinski definition) is 5. The number of rotatable bonds is 5. The maximum absolute atomic E-state index is 13.1. The van der Waals surface area contributed by atoms with Crippen LogP contribution in [0.3, 0.4) is 0 Å². The number of methoxy groups -OCH3 is 1. The fourth-order valence-electron chi connectivity index (χ4n) is 5.28. The molecule has 30 heavy (non-hydrogen) atoms. The standard InChI is InChI=1S/C22H30N2O5S/c1-29-20-7-2-4-15(10-20)11-21(25)24-18-5-3-6-19(24)13-17(12-18)23-22(26)16-8-9-30(27,28)14-16/h2,4,7,10,16-19H,3,5-6,8-9,11-14H2,1H3,(H,23,26)/t16?,17?,18-,19+. The molecular formula is C22H30N2O5S. The number of benzene rings is 1. The summed E-state index contributed by atoms with van der Waals surface area (Å²) < 4.78 is 28.6. The van der Waals surface area contributed by atoms with E-state index >= 15 is 0 Å². The van der Waals surface area contributed by atoms with Crippen molar-refractivity contribution in [2.45, 2.75) is 63.1 Å². The maximum atomic E-state index is 13.1. The molecule has 0 aromatic heterocycles. The van der Waals surface area contributed by atoms with Gasteiger partial charge in [0.15, 0.2) is 9.84 Å². The van der Waals surface area contributed by atoms with Crippen molar-refractivity contribution in [3.63, 3.8) is 0 Å². The molecule has 2 amide bonds. The third kappa shape index (κ3) is 4.63. The summed E-state index contributed by atoms with van der Waals surface area (Å²) in [6.07, 6.45) is 5.24. The molecule has 3 fully saturated rings. The number of carbonyl (C=O) groups is 2. The van der Waals surface area contributed by atoms with Crippen molar-refractivity contribution in [3.8, 4) is 5.75 Å².